The smallest absolute Gasteiger partial charge is 0.236 e. The Morgan fingerprint density at radius 3 is 2.67 bits per heavy atom. The van der Waals surface area contributed by atoms with Gasteiger partial charge in [0.15, 0.2) is 0 Å². The van der Waals surface area contributed by atoms with Gasteiger partial charge in [-0.3, -0.25) is 4.79 Å². The Morgan fingerprint density at radius 1 is 1.19 bits per heavy atom. The highest BCUT2D eigenvalue weighted by atomic mass is 35.5. The van der Waals surface area contributed by atoms with Crippen LogP contribution in [-0.4, -0.2) is 34.9 Å². The van der Waals surface area contributed by atoms with Crippen LogP contribution in [0.2, 0.25) is 0 Å². The minimum Gasteiger partial charge on any atom is -0.444 e. The van der Waals surface area contributed by atoms with Crippen molar-refractivity contribution in [2.75, 3.05) is 13.1 Å². The number of thiophene rings is 1. The fourth-order valence-corrected chi connectivity index (χ4v) is 3.91. The Morgan fingerprint density at radius 2 is 1.96 bits per heavy atom. The molecular weight excluding hydrogens is 405 g/mol. The highest BCUT2D eigenvalue weighted by molar-refractivity contribution is 7.13. The topological polar surface area (TPSA) is 72.4 Å². The van der Waals surface area contributed by atoms with Crippen molar-refractivity contribution in [2.45, 2.75) is 18.4 Å². The summed E-state index contributed by atoms with van der Waals surface area (Å²) < 4.78 is 5.49. The second kappa shape index (κ2) is 9.37. The van der Waals surface area contributed by atoms with E-state index in [2.05, 4.69) is 17.1 Å². The van der Waals surface area contributed by atoms with E-state index < -0.39 is 0 Å². The van der Waals surface area contributed by atoms with Crippen LogP contribution < -0.4 is 5.73 Å². The number of carbonyl (C=O) groups excluding carboxylic acids is 1. The van der Waals surface area contributed by atoms with Crippen molar-refractivity contribution >= 4 is 42.1 Å². The lowest BCUT2D eigenvalue weighted by Crippen LogP contribution is -2.33. The molecule has 8 heteroatoms. The van der Waals surface area contributed by atoms with Gasteiger partial charge >= 0.3 is 0 Å². The molecule has 3 heterocycles. The molecule has 2 aromatic heterocycles. The average Bonchev–Trinajstić information content (AvgIpc) is 3.35. The third-order valence-electron chi connectivity index (χ3n) is 4.56. The molecule has 3 aromatic rings. The van der Waals surface area contributed by atoms with E-state index in [9.17, 15) is 4.79 Å². The van der Waals surface area contributed by atoms with Crippen LogP contribution in [-0.2, 0) is 11.2 Å². The zero-order valence-electron chi connectivity index (χ0n) is 14.5. The second-order valence-electron chi connectivity index (χ2n) is 6.28. The normalized spacial score (nSPS) is 18.6. The summed E-state index contributed by atoms with van der Waals surface area (Å²) in [6.45, 7) is 1.23. The van der Waals surface area contributed by atoms with Crippen molar-refractivity contribution in [3.63, 3.8) is 0 Å². The van der Waals surface area contributed by atoms with Crippen molar-refractivity contribution in [3.05, 3.63) is 65.4 Å². The Balaban J connectivity index is 0.00000131. The summed E-state index contributed by atoms with van der Waals surface area (Å²) in [5, 5.41) is 1.97. The van der Waals surface area contributed by atoms with Crippen LogP contribution in [0, 0.1) is 0 Å². The van der Waals surface area contributed by atoms with Gasteiger partial charge in [0, 0.05) is 25.0 Å². The molecule has 1 saturated heterocycles. The quantitative estimate of drug-likeness (QED) is 0.690. The Bertz CT molecular complexity index is 855. The number of hydrogen-bond donors (Lipinski definition) is 1. The maximum absolute atomic E-state index is 12.6. The predicted octanol–water partition coefficient (Wildman–Crippen LogP) is 3.74. The molecule has 1 fully saturated rings. The van der Waals surface area contributed by atoms with Gasteiger partial charge in [-0.15, -0.1) is 36.2 Å². The van der Waals surface area contributed by atoms with Crippen molar-refractivity contribution in [3.8, 4) is 10.8 Å². The monoisotopic (exact) mass is 425 g/mol. The van der Waals surface area contributed by atoms with E-state index in [1.165, 1.54) is 5.56 Å². The van der Waals surface area contributed by atoms with E-state index in [0.29, 0.717) is 24.7 Å². The lowest BCUT2D eigenvalue weighted by atomic mass is 9.95. The highest BCUT2D eigenvalue weighted by Crippen LogP contribution is 2.27. The minimum absolute atomic E-state index is 0. The number of aromatic nitrogens is 1. The van der Waals surface area contributed by atoms with Crippen LogP contribution in [0.4, 0.5) is 0 Å². The third kappa shape index (κ3) is 4.71. The molecule has 0 saturated carbocycles. The molecule has 0 spiro atoms. The van der Waals surface area contributed by atoms with E-state index >= 15 is 0 Å². The maximum Gasteiger partial charge on any atom is 0.236 e. The van der Waals surface area contributed by atoms with Crippen molar-refractivity contribution in [2.24, 2.45) is 5.73 Å². The number of oxazole rings is 1. The van der Waals surface area contributed by atoms with Gasteiger partial charge in [-0.1, -0.05) is 36.4 Å². The maximum atomic E-state index is 12.6. The van der Waals surface area contributed by atoms with Gasteiger partial charge in [0.25, 0.3) is 0 Å². The molecule has 144 valence electrons. The SMILES string of the molecule is Cl.Cl.N[C@@H]1CN(C(=O)Cc2coc(-c3cccs3)n2)C[C@H]1c1ccccc1. The summed E-state index contributed by atoms with van der Waals surface area (Å²) in [7, 11) is 0. The summed E-state index contributed by atoms with van der Waals surface area (Å²) in [6.07, 6.45) is 1.81. The first-order valence-electron chi connectivity index (χ1n) is 8.27. The molecule has 1 aliphatic rings. The van der Waals surface area contributed by atoms with Crippen molar-refractivity contribution in [1.29, 1.82) is 0 Å². The molecule has 27 heavy (non-hydrogen) atoms. The fraction of sp³-hybridized carbons (Fsp3) is 0.263. The molecule has 1 aromatic carbocycles. The number of halogens is 2. The van der Waals surface area contributed by atoms with Crippen molar-refractivity contribution in [1.82, 2.24) is 9.88 Å². The first-order valence-corrected chi connectivity index (χ1v) is 9.15. The van der Waals surface area contributed by atoms with Crippen LogP contribution in [0.25, 0.3) is 10.8 Å². The summed E-state index contributed by atoms with van der Waals surface area (Å²) in [5.41, 5.74) is 8.12. The van der Waals surface area contributed by atoms with Crippen LogP contribution in [0.3, 0.4) is 0 Å². The molecule has 5 nitrogen and oxygen atoms in total. The number of likely N-dealkylation sites (tertiary alicyclic amines) is 1. The number of nitrogens with two attached hydrogens (primary N) is 1. The van der Waals surface area contributed by atoms with E-state index in [-0.39, 0.29) is 49.1 Å². The second-order valence-corrected chi connectivity index (χ2v) is 7.23. The zero-order valence-corrected chi connectivity index (χ0v) is 16.9. The summed E-state index contributed by atoms with van der Waals surface area (Å²) >= 11 is 1.56. The third-order valence-corrected chi connectivity index (χ3v) is 5.42. The molecule has 0 unspecified atom stereocenters. The lowest BCUT2D eigenvalue weighted by Gasteiger charge is -2.15. The summed E-state index contributed by atoms with van der Waals surface area (Å²) in [4.78, 5) is 19.8. The van der Waals surface area contributed by atoms with E-state index in [4.69, 9.17) is 10.2 Å². The molecule has 0 aliphatic carbocycles. The largest absolute Gasteiger partial charge is 0.444 e. The Kier molecular flexibility index (Phi) is 7.44. The summed E-state index contributed by atoms with van der Waals surface area (Å²) in [5.74, 6) is 0.794. The molecule has 2 atom stereocenters. The number of amides is 1. The van der Waals surface area contributed by atoms with Gasteiger partial charge in [0.05, 0.1) is 17.0 Å². The first-order chi connectivity index (χ1) is 12.2. The number of rotatable bonds is 4. The number of hydrogen-bond acceptors (Lipinski definition) is 5. The van der Waals surface area contributed by atoms with Gasteiger partial charge < -0.3 is 15.1 Å². The van der Waals surface area contributed by atoms with Gasteiger partial charge in [0.2, 0.25) is 11.8 Å². The van der Waals surface area contributed by atoms with E-state index in [1.807, 2.05) is 40.6 Å². The number of carbonyl (C=O) groups is 1. The molecule has 0 radical (unpaired) electrons. The van der Waals surface area contributed by atoms with Gasteiger partial charge in [-0.25, -0.2) is 4.98 Å². The summed E-state index contributed by atoms with van der Waals surface area (Å²) in [6, 6.07) is 14.0. The highest BCUT2D eigenvalue weighted by Gasteiger charge is 2.33. The molecule has 4 rings (SSSR count). The number of benzene rings is 1. The average molecular weight is 426 g/mol. The van der Waals surface area contributed by atoms with Gasteiger partial charge in [0.1, 0.15) is 6.26 Å². The predicted molar refractivity (Wildman–Crippen MR) is 112 cm³/mol. The first kappa shape index (κ1) is 21.4. The van der Waals surface area contributed by atoms with E-state index in [0.717, 1.165) is 4.88 Å². The van der Waals surface area contributed by atoms with Crippen LogP contribution in [0.1, 0.15) is 17.2 Å². The van der Waals surface area contributed by atoms with E-state index in [1.54, 1.807) is 17.6 Å². The van der Waals surface area contributed by atoms with Crippen LogP contribution >= 0.6 is 36.2 Å². The van der Waals surface area contributed by atoms with Gasteiger partial charge in [-0.05, 0) is 17.0 Å². The standard InChI is InChI=1S/C19H19N3O2S.2ClH/c20-16-11-22(10-15(16)13-5-2-1-3-6-13)18(23)9-14-12-24-19(21-14)17-7-4-8-25-17;;/h1-8,12,15-16H,9-11,20H2;2*1H/t15-,16+;;/m0../s1. The fourth-order valence-electron chi connectivity index (χ4n) is 3.25. The molecule has 1 aliphatic heterocycles. The van der Waals surface area contributed by atoms with Crippen LogP contribution in [0.5, 0.6) is 0 Å². The lowest BCUT2D eigenvalue weighted by molar-refractivity contribution is -0.129. The molecule has 2 N–H and O–H groups in total. The molecule has 0 bridgehead atoms. The van der Waals surface area contributed by atoms with Crippen molar-refractivity contribution < 1.29 is 9.21 Å². The molecular formula is C19H21Cl2N3O2S. The van der Waals surface area contributed by atoms with Crippen LogP contribution in [0.15, 0.2) is 58.5 Å². The Hall–Kier alpha value is -1.86. The number of nitrogens with zero attached hydrogens (tertiary/aromatic N) is 2. The zero-order chi connectivity index (χ0) is 17.2. The minimum atomic E-state index is -0.0367. The van der Waals surface area contributed by atoms with Gasteiger partial charge in [-0.2, -0.15) is 0 Å². The molecule has 1 amide bonds. The Labute approximate surface area is 174 Å².